The molecule has 0 unspecified atom stereocenters. The lowest BCUT2D eigenvalue weighted by Gasteiger charge is -2.21. The quantitative estimate of drug-likeness (QED) is 0.613. The average Bonchev–Trinajstić information content (AvgIpc) is 3.10. The van der Waals surface area contributed by atoms with E-state index in [2.05, 4.69) is 14.9 Å². The van der Waals surface area contributed by atoms with E-state index < -0.39 is 0 Å². The minimum absolute atomic E-state index is 0.0524. The van der Waals surface area contributed by atoms with Crippen LogP contribution in [0.2, 0.25) is 0 Å². The Kier molecular flexibility index (Phi) is 5.81. The van der Waals surface area contributed by atoms with Crippen molar-refractivity contribution in [3.63, 3.8) is 0 Å². The summed E-state index contributed by atoms with van der Waals surface area (Å²) < 4.78 is 10.1. The van der Waals surface area contributed by atoms with E-state index in [1.54, 1.807) is 18.2 Å². The summed E-state index contributed by atoms with van der Waals surface area (Å²) in [6, 6.07) is 14.8. The summed E-state index contributed by atoms with van der Waals surface area (Å²) in [5.74, 6) is -0.305. The number of benzene rings is 2. The molecule has 0 saturated carbocycles. The SMILES string of the molecule is O=C(CN1CCCN(C(=O)c2ccc3nonc3c2)CC1)OCc1ccccc1. The van der Waals surface area contributed by atoms with Gasteiger partial charge in [-0.2, -0.15) is 0 Å². The Labute approximate surface area is 168 Å². The minimum atomic E-state index is -0.252. The van der Waals surface area contributed by atoms with E-state index in [1.807, 2.05) is 40.1 Å². The summed E-state index contributed by atoms with van der Waals surface area (Å²) in [7, 11) is 0. The average molecular weight is 394 g/mol. The van der Waals surface area contributed by atoms with Crippen LogP contribution in [0.25, 0.3) is 11.0 Å². The third kappa shape index (κ3) is 4.78. The first-order valence-electron chi connectivity index (χ1n) is 9.62. The predicted molar refractivity (Wildman–Crippen MR) is 105 cm³/mol. The van der Waals surface area contributed by atoms with Crippen molar-refractivity contribution in [2.75, 3.05) is 32.7 Å². The van der Waals surface area contributed by atoms with Gasteiger partial charge in [0.25, 0.3) is 5.91 Å². The van der Waals surface area contributed by atoms with Crippen LogP contribution in [-0.2, 0) is 16.1 Å². The number of hydrogen-bond acceptors (Lipinski definition) is 7. The maximum absolute atomic E-state index is 12.8. The molecule has 0 N–H and O–H groups in total. The van der Waals surface area contributed by atoms with Gasteiger partial charge >= 0.3 is 5.97 Å². The molecule has 0 atom stereocenters. The van der Waals surface area contributed by atoms with E-state index >= 15 is 0 Å². The maximum Gasteiger partial charge on any atom is 0.320 e. The molecule has 4 rings (SSSR count). The smallest absolute Gasteiger partial charge is 0.320 e. The van der Waals surface area contributed by atoms with Crippen molar-refractivity contribution in [3.05, 3.63) is 59.7 Å². The molecule has 8 nitrogen and oxygen atoms in total. The molecule has 0 radical (unpaired) electrons. The minimum Gasteiger partial charge on any atom is -0.460 e. The fourth-order valence-electron chi connectivity index (χ4n) is 3.40. The molecule has 1 aliphatic heterocycles. The maximum atomic E-state index is 12.8. The summed E-state index contributed by atoms with van der Waals surface area (Å²) in [6.07, 6.45) is 0.797. The molecule has 0 bridgehead atoms. The molecule has 29 heavy (non-hydrogen) atoms. The van der Waals surface area contributed by atoms with Gasteiger partial charge in [-0.1, -0.05) is 30.3 Å². The second kappa shape index (κ2) is 8.83. The lowest BCUT2D eigenvalue weighted by molar-refractivity contribution is -0.146. The van der Waals surface area contributed by atoms with E-state index in [-0.39, 0.29) is 25.0 Å². The zero-order chi connectivity index (χ0) is 20.1. The Morgan fingerprint density at radius 1 is 0.966 bits per heavy atom. The first-order chi connectivity index (χ1) is 14.2. The number of ether oxygens (including phenoxy) is 1. The highest BCUT2D eigenvalue weighted by atomic mass is 16.6. The van der Waals surface area contributed by atoms with E-state index in [1.165, 1.54) is 0 Å². The molecule has 0 spiro atoms. The number of hydrogen-bond donors (Lipinski definition) is 0. The van der Waals surface area contributed by atoms with Crippen molar-refractivity contribution in [3.8, 4) is 0 Å². The van der Waals surface area contributed by atoms with Crippen LogP contribution in [0.15, 0.2) is 53.2 Å². The van der Waals surface area contributed by atoms with Gasteiger partial charge in [0.15, 0.2) is 0 Å². The Balaban J connectivity index is 1.29. The molecule has 0 aliphatic carbocycles. The third-order valence-electron chi connectivity index (χ3n) is 4.97. The van der Waals surface area contributed by atoms with E-state index in [9.17, 15) is 9.59 Å². The molecular weight excluding hydrogens is 372 g/mol. The van der Waals surface area contributed by atoms with Crippen molar-refractivity contribution in [2.45, 2.75) is 13.0 Å². The largest absolute Gasteiger partial charge is 0.460 e. The number of carbonyl (C=O) groups is 2. The molecule has 8 heteroatoms. The number of carbonyl (C=O) groups excluding carboxylic acids is 2. The summed E-state index contributed by atoms with van der Waals surface area (Å²) in [4.78, 5) is 28.9. The number of aromatic nitrogens is 2. The monoisotopic (exact) mass is 394 g/mol. The van der Waals surface area contributed by atoms with Crippen molar-refractivity contribution < 1.29 is 19.0 Å². The second-order valence-corrected chi connectivity index (χ2v) is 7.04. The summed E-state index contributed by atoms with van der Waals surface area (Å²) in [6.45, 7) is 3.07. The first-order valence-corrected chi connectivity index (χ1v) is 9.62. The highest BCUT2D eigenvalue weighted by molar-refractivity contribution is 5.97. The van der Waals surface area contributed by atoms with Crippen LogP contribution >= 0.6 is 0 Å². The molecule has 1 fully saturated rings. The molecule has 1 aliphatic rings. The van der Waals surface area contributed by atoms with Crippen molar-refractivity contribution in [1.82, 2.24) is 20.1 Å². The molecule has 1 aromatic heterocycles. The lowest BCUT2D eigenvalue weighted by Crippen LogP contribution is -2.37. The third-order valence-corrected chi connectivity index (χ3v) is 4.97. The van der Waals surface area contributed by atoms with E-state index in [4.69, 9.17) is 4.74 Å². The van der Waals surface area contributed by atoms with Gasteiger partial charge in [0.05, 0.1) is 6.54 Å². The number of rotatable bonds is 5. The van der Waals surface area contributed by atoms with Crippen molar-refractivity contribution >= 4 is 22.9 Å². The summed E-state index contributed by atoms with van der Waals surface area (Å²) >= 11 is 0. The molecule has 1 amide bonds. The summed E-state index contributed by atoms with van der Waals surface area (Å²) in [5, 5.41) is 7.55. The van der Waals surface area contributed by atoms with Crippen LogP contribution in [0.1, 0.15) is 22.3 Å². The highest BCUT2D eigenvalue weighted by Gasteiger charge is 2.22. The van der Waals surface area contributed by atoms with Gasteiger partial charge in [0.1, 0.15) is 17.6 Å². The summed E-state index contributed by atoms with van der Waals surface area (Å²) in [5.41, 5.74) is 2.71. The van der Waals surface area contributed by atoms with Crippen LogP contribution < -0.4 is 0 Å². The highest BCUT2D eigenvalue weighted by Crippen LogP contribution is 2.15. The Bertz CT molecular complexity index is 989. The zero-order valence-electron chi connectivity index (χ0n) is 16.0. The Hall–Kier alpha value is -3.26. The van der Waals surface area contributed by atoms with Gasteiger partial charge in [0, 0.05) is 31.7 Å². The Morgan fingerprint density at radius 2 is 1.79 bits per heavy atom. The second-order valence-electron chi connectivity index (χ2n) is 7.04. The molecular formula is C21H22N4O4. The number of nitrogens with zero attached hydrogens (tertiary/aromatic N) is 4. The fraction of sp³-hybridized carbons (Fsp3) is 0.333. The van der Waals surface area contributed by atoms with Crippen molar-refractivity contribution in [2.24, 2.45) is 0 Å². The number of esters is 1. The number of fused-ring (bicyclic) bond motifs is 1. The standard InChI is InChI=1S/C21H22N4O4/c26-20(28-15-16-5-2-1-3-6-16)14-24-9-4-10-25(12-11-24)21(27)17-7-8-18-19(13-17)23-29-22-18/h1-3,5-8,13H,4,9-12,14-15H2. The Morgan fingerprint density at radius 3 is 2.66 bits per heavy atom. The van der Waals surface area contributed by atoms with Crippen LogP contribution in [0.4, 0.5) is 0 Å². The van der Waals surface area contributed by atoms with Crippen LogP contribution in [-0.4, -0.2) is 64.7 Å². The van der Waals surface area contributed by atoms with Gasteiger partial charge in [-0.3, -0.25) is 14.5 Å². The number of amides is 1. The topological polar surface area (TPSA) is 88.8 Å². The lowest BCUT2D eigenvalue weighted by atomic mass is 10.1. The first kappa shape index (κ1) is 19.1. The van der Waals surface area contributed by atoms with E-state index in [0.29, 0.717) is 36.2 Å². The van der Waals surface area contributed by atoms with Gasteiger partial charge < -0.3 is 9.64 Å². The zero-order valence-corrected chi connectivity index (χ0v) is 16.0. The molecule has 1 saturated heterocycles. The molecule has 2 aromatic carbocycles. The molecule has 2 heterocycles. The van der Waals surface area contributed by atoms with Crippen LogP contribution in [0, 0.1) is 0 Å². The molecule has 150 valence electrons. The van der Waals surface area contributed by atoms with Crippen LogP contribution in [0.3, 0.4) is 0 Å². The van der Waals surface area contributed by atoms with Gasteiger partial charge in [-0.15, -0.1) is 0 Å². The molecule has 3 aromatic rings. The predicted octanol–water partition coefficient (Wildman–Crippen LogP) is 2.11. The fourth-order valence-corrected chi connectivity index (χ4v) is 3.40. The van der Waals surface area contributed by atoms with Gasteiger partial charge in [0.2, 0.25) is 0 Å². The normalized spacial score (nSPS) is 15.2. The van der Waals surface area contributed by atoms with Gasteiger partial charge in [-0.25, -0.2) is 4.63 Å². The van der Waals surface area contributed by atoms with Crippen LogP contribution in [0.5, 0.6) is 0 Å². The van der Waals surface area contributed by atoms with Crippen molar-refractivity contribution in [1.29, 1.82) is 0 Å². The van der Waals surface area contributed by atoms with Gasteiger partial charge in [-0.05, 0) is 40.5 Å². The van der Waals surface area contributed by atoms with E-state index in [0.717, 1.165) is 18.5 Å².